The Balaban J connectivity index is 0.958. The summed E-state index contributed by atoms with van der Waals surface area (Å²) in [4.78, 5) is 62.5. The maximum Gasteiger partial charge on any atom is 0.309 e. The van der Waals surface area contributed by atoms with Crippen molar-refractivity contribution >= 4 is 23.5 Å². The Hall–Kier alpha value is -4.02. The zero-order valence-electron chi connectivity index (χ0n) is 38.4. The topological polar surface area (TPSA) is 156 Å². The third kappa shape index (κ3) is 6.00. The number of aliphatic carboxylic acids is 1. The average molecular weight is 851 g/mol. The van der Waals surface area contributed by atoms with Crippen LogP contribution in [0.15, 0.2) is 42.6 Å². The first-order chi connectivity index (χ1) is 29.1. The van der Waals surface area contributed by atoms with Crippen LogP contribution >= 0.6 is 0 Å². The van der Waals surface area contributed by atoms with Crippen molar-refractivity contribution in [1.29, 1.82) is 0 Å². The maximum atomic E-state index is 15.6. The number of nitrogens with one attached hydrogen (secondary N) is 1. The Kier molecular flexibility index (Phi) is 10.1. The summed E-state index contributed by atoms with van der Waals surface area (Å²) < 4.78 is 6.46. The Morgan fingerprint density at radius 3 is 2.26 bits per heavy atom. The Morgan fingerprint density at radius 1 is 0.871 bits per heavy atom. The Labute approximate surface area is 367 Å². The van der Waals surface area contributed by atoms with Crippen LogP contribution in [0.25, 0.3) is 11.3 Å². The summed E-state index contributed by atoms with van der Waals surface area (Å²) in [6.07, 6.45) is 13.9. The molecule has 62 heavy (non-hydrogen) atoms. The molecule has 0 bridgehead atoms. The van der Waals surface area contributed by atoms with Gasteiger partial charge in [0.25, 0.3) is 5.69 Å². The lowest BCUT2D eigenvalue weighted by atomic mass is 9.32. The number of likely N-dealkylation sites (tertiary alicyclic amines) is 1. The molecule has 6 saturated carbocycles. The highest BCUT2D eigenvalue weighted by Gasteiger charge is 2.72. The van der Waals surface area contributed by atoms with Gasteiger partial charge in [-0.25, -0.2) is 4.98 Å². The molecule has 6 aliphatic carbocycles. The monoisotopic (exact) mass is 851 g/mol. The predicted octanol–water partition coefficient (Wildman–Crippen LogP) is 11.0. The molecular formula is C51H70N4O7. The number of aromatic amines is 1. The predicted molar refractivity (Wildman–Crippen MR) is 236 cm³/mol. The van der Waals surface area contributed by atoms with Crippen LogP contribution in [0.3, 0.4) is 0 Å². The fourth-order valence-electron chi connectivity index (χ4n) is 16.7. The summed E-state index contributed by atoms with van der Waals surface area (Å²) in [5.74, 6) is 1.03. The molecule has 336 valence electrons. The third-order valence-corrected chi connectivity index (χ3v) is 20.4. The molecule has 2 heterocycles. The van der Waals surface area contributed by atoms with E-state index in [0.717, 1.165) is 101 Å². The van der Waals surface area contributed by atoms with Crippen molar-refractivity contribution in [3.8, 4) is 11.3 Å². The average Bonchev–Trinajstić information content (AvgIpc) is 3.98. The van der Waals surface area contributed by atoms with E-state index in [0.29, 0.717) is 36.0 Å². The van der Waals surface area contributed by atoms with Crippen molar-refractivity contribution in [2.75, 3.05) is 6.54 Å². The smallest absolute Gasteiger partial charge is 0.309 e. The highest BCUT2D eigenvalue weighted by molar-refractivity contribution is 5.85. The number of benzene rings is 1. The molecule has 2 aromatic rings. The van der Waals surface area contributed by atoms with E-state index in [9.17, 15) is 24.8 Å². The quantitative estimate of drug-likeness (QED) is 0.115. The molecule has 7 fully saturated rings. The molecule has 1 aromatic heterocycles. The van der Waals surface area contributed by atoms with Gasteiger partial charge in [-0.2, -0.15) is 0 Å². The summed E-state index contributed by atoms with van der Waals surface area (Å²) in [5, 5.41) is 21.0. The molecule has 2 N–H and O–H groups in total. The van der Waals surface area contributed by atoms with Gasteiger partial charge >= 0.3 is 11.9 Å². The first-order valence-corrected chi connectivity index (χ1v) is 23.8. The number of hydrogen-bond donors (Lipinski definition) is 2. The summed E-state index contributed by atoms with van der Waals surface area (Å²) >= 11 is 0. The van der Waals surface area contributed by atoms with Crippen molar-refractivity contribution in [3.63, 3.8) is 0 Å². The molecule has 0 radical (unpaired) electrons. The molecule has 7 aliphatic rings. The number of non-ortho nitro benzene ring substituents is 1. The minimum Gasteiger partial charge on any atom is -0.481 e. The molecule has 11 heteroatoms. The van der Waals surface area contributed by atoms with Gasteiger partial charge in [-0.1, -0.05) is 60.6 Å². The zero-order chi connectivity index (χ0) is 44.5. The highest BCUT2D eigenvalue weighted by Crippen LogP contribution is 2.78. The van der Waals surface area contributed by atoms with Crippen molar-refractivity contribution < 1.29 is 29.2 Å². The summed E-state index contributed by atoms with van der Waals surface area (Å²) in [5.41, 5.74) is 1.87. The number of carboxylic acids is 1. The van der Waals surface area contributed by atoms with E-state index >= 15 is 4.79 Å². The number of ether oxygens (including phenoxy) is 1. The van der Waals surface area contributed by atoms with Crippen molar-refractivity contribution in [3.05, 3.63) is 58.6 Å². The van der Waals surface area contributed by atoms with Gasteiger partial charge in [0.1, 0.15) is 11.9 Å². The number of hydrogen-bond acceptors (Lipinski definition) is 7. The van der Waals surface area contributed by atoms with Crippen LogP contribution in [0.1, 0.15) is 151 Å². The number of carbonyl (C=O) groups excluding carboxylic acids is 2. The molecule has 1 aromatic carbocycles. The molecule has 0 spiro atoms. The summed E-state index contributed by atoms with van der Waals surface area (Å²) in [6, 6.07) is 6.38. The lowest BCUT2D eigenvalue weighted by molar-refractivity contribution is -0.384. The van der Waals surface area contributed by atoms with E-state index < -0.39 is 27.6 Å². The standard InChI is InChI=1S/C51H70N4O7/c1-29(2)32-18-23-51(45(59)54-26-10-11-37(54)42-52-28-36(53-42)30-12-14-31(15-13-30)55(60)61)25-24-49(8)33(41(32)51)16-17-39-48(7)21-20-40(47(5,6)38(48)19-22-50(39,49)9)62-44(58)35-27-34(43(56)57)46(35,3)4/h12-15,28,32-35,37-41H,1,10-11,16-27H2,2-9H3,(H,52,53)(H,56,57)/t32-,33+,34-,35+,37?,38-,39+,40-,41+,48-,49+,50+,51-/m0/s1. The van der Waals surface area contributed by atoms with E-state index in [-0.39, 0.29) is 57.3 Å². The second kappa shape index (κ2) is 14.5. The third-order valence-electron chi connectivity index (χ3n) is 20.4. The van der Waals surface area contributed by atoms with Crippen molar-refractivity contribution in [2.45, 2.75) is 151 Å². The van der Waals surface area contributed by atoms with Crippen LogP contribution < -0.4 is 0 Å². The van der Waals surface area contributed by atoms with E-state index in [1.54, 1.807) is 18.3 Å². The molecular weight excluding hydrogens is 781 g/mol. The van der Waals surface area contributed by atoms with E-state index in [4.69, 9.17) is 9.72 Å². The molecule has 1 unspecified atom stereocenters. The van der Waals surface area contributed by atoms with Crippen LogP contribution in [0.5, 0.6) is 0 Å². The largest absolute Gasteiger partial charge is 0.481 e. The number of fused-ring (bicyclic) bond motifs is 7. The Morgan fingerprint density at radius 2 is 1.60 bits per heavy atom. The van der Waals surface area contributed by atoms with Gasteiger partial charge in [-0.3, -0.25) is 24.5 Å². The lowest BCUT2D eigenvalue weighted by Gasteiger charge is -2.73. The Bertz CT molecular complexity index is 2180. The van der Waals surface area contributed by atoms with Crippen LogP contribution in [0.2, 0.25) is 0 Å². The number of esters is 1. The van der Waals surface area contributed by atoms with Crippen LogP contribution in [0, 0.1) is 84.0 Å². The van der Waals surface area contributed by atoms with Crippen molar-refractivity contribution in [2.24, 2.45) is 73.9 Å². The van der Waals surface area contributed by atoms with E-state index in [1.165, 1.54) is 17.7 Å². The number of nitro groups is 1. The molecule has 1 aliphatic heterocycles. The van der Waals surface area contributed by atoms with E-state index in [1.807, 2.05) is 13.8 Å². The number of amides is 1. The van der Waals surface area contributed by atoms with Gasteiger partial charge in [0, 0.05) is 29.7 Å². The first kappa shape index (κ1) is 43.2. The van der Waals surface area contributed by atoms with E-state index in [2.05, 4.69) is 58.0 Å². The molecule has 9 rings (SSSR count). The zero-order valence-corrected chi connectivity index (χ0v) is 38.4. The normalized spacial score (nSPS) is 41.4. The van der Waals surface area contributed by atoms with Gasteiger partial charge in [-0.05, 0) is 154 Å². The highest BCUT2D eigenvalue weighted by atomic mass is 16.6. The minimum atomic E-state index is -0.830. The van der Waals surface area contributed by atoms with Gasteiger partial charge in [0.05, 0.1) is 40.1 Å². The number of nitro benzene ring substituents is 1. The summed E-state index contributed by atoms with van der Waals surface area (Å²) in [6.45, 7) is 23.8. The number of imidazole rings is 1. The van der Waals surface area contributed by atoms with Crippen LogP contribution in [-0.2, 0) is 19.1 Å². The number of aromatic nitrogens is 2. The SMILES string of the molecule is C=C(C)[C@@H]1CC[C@]2(C(=O)N3CCCC3c3ncc(-c4ccc([N+](=O)[O-])cc4)[nH]3)CC[C@]3(C)[C@H](CC[C@@H]4[C@@]5(C)CC[C@H](OC(=O)[C@H]6C[C@@H](C(=O)O)C6(C)C)C(C)(C)[C@@H]5CC[C@]43C)[C@@H]12. The van der Waals surface area contributed by atoms with Gasteiger partial charge in [0.15, 0.2) is 0 Å². The number of carboxylic acid groups (broad SMARTS) is 1. The fourth-order valence-corrected chi connectivity index (χ4v) is 16.7. The number of allylic oxidation sites excluding steroid dienone is 1. The van der Waals surface area contributed by atoms with Crippen LogP contribution in [0.4, 0.5) is 5.69 Å². The van der Waals surface area contributed by atoms with Crippen molar-refractivity contribution in [1.82, 2.24) is 14.9 Å². The number of rotatable bonds is 8. The second-order valence-corrected chi connectivity index (χ2v) is 23.3. The maximum absolute atomic E-state index is 15.6. The number of carbonyl (C=O) groups is 3. The molecule has 1 saturated heterocycles. The van der Waals surface area contributed by atoms with Crippen LogP contribution in [-0.4, -0.2) is 55.4 Å². The fraction of sp³-hybridized carbons (Fsp3) is 0.725. The molecule has 13 atom stereocenters. The lowest BCUT2D eigenvalue weighted by Crippen LogP contribution is -2.67. The summed E-state index contributed by atoms with van der Waals surface area (Å²) in [7, 11) is 0. The first-order valence-electron chi connectivity index (χ1n) is 23.8. The number of H-pyrrole nitrogens is 1. The number of nitrogens with zero attached hydrogens (tertiary/aromatic N) is 3. The minimum absolute atomic E-state index is 0.0484. The van der Waals surface area contributed by atoms with Gasteiger partial charge in [-0.15, -0.1) is 0 Å². The van der Waals surface area contributed by atoms with Gasteiger partial charge < -0.3 is 19.7 Å². The molecule has 11 nitrogen and oxygen atoms in total. The second-order valence-electron chi connectivity index (χ2n) is 23.3. The molecule has 1 amide bonds. The van der Waals surface area contributed by atoms with Gasteiger partial charge in [0.2, 0.25) is 5.91 Å².